The molecule has 0 bridgehead atoms. The second kappa shape index (κ2) is 15.6. The first-order chi connectivity index (χ1) is 23.0. The first-order valence-electron chi connectivity index (χ1n) is 16.9. The fourth-order valence-electron chi connectivity index (χ4n) is 7.00. The van der Waals surface area contributed by atoms with Gasteiger partial charge in [-0.25, -0.2) is 4.79 Å². The highest BCUT2D eigenvalue weighted by Gasteiger charge is 2.47. The van der Waals surface area contributed by atoms with Gasteiger partial charge in [-0.15, -0.1) is 0 Å². The third kappa shape index (κ3) is 8.26. The van der Waals surface area contributed by atoms with Crippen LogP contribution in [0.3, 0.4) is 0 Å². The molecule has 0 unspecified atom stereocenters. The summed E-state index contributed by atoms with van der Waals surface area (Å²) < 4.78 is 5.72. The number of hydrogen-bond acceptors (Lipinski definition) is 5. The molecular weight excluding hydrogens is 653 g/mol. The molecule has 5 rings (SSSR count). The Morgan fingerprint density at radius 1 is 1.08 bits per heavy atom. The number of H-pyrrole nitrogens is 1. The van der Waals surface area contributed by atoms with Crippen molar-refractivity contribution in [3.8, 4) is 0 Å². The number of benzene rings is 2. The maximum atomic E-state index is 14.4. The van der Waals surface area contributed by atoms with Crippen molar-refractivity contribution in [2.45, 2.75) is 102 Å². The molecular formula is C36H45Cl2N5O5. The molecule has 3 aromatic rings. The van der Waals surface area contributed by atoms with Crippen LogP contribution in [0.25, 0.3) is 10.9 Å². The van der Waals surface area contributed by atoms with E-state index in [1.54, 1.807) is 12.1 Å². The molecule has 1 fully saturated rings. The molecule has 0 saturated heterocycles. The average Bonchev–Trinajstić information content (AvgIpc) is 3.44. The third-order valence-corrected chi connectivity index (χ3v) is 10.5. The Morgan fingerprint density at radius 3 is 2.50 bits per heavy atom. The molecule has 2 aliphatic carbocycles. The number of aromatic nitrogens is 1. The van der Waals surface area contributed by atoms with Gasteiger partial charge in [-0.2, -0.15) is 0 Å². The van der Waals surface area contributed by atoms with Crippen molar-refractivity contribution in [1.82, 2.24) is 20.9 Å². The minimum absolute atomic E-state index is 0.0961. The average molecular weight is 699 g/mol. The van der Waals surface area contributed by atoms with Crippen LogP contribution in [0.1, 0.15) is 82.0 Å². The van der Waals surface area contributed by atoms with Crippen molar-refractivity contribution >= 4 is 57.9 Å². The molecule has 1 saturated carbocycles. The van der Waals surface area contributed by atoms with Crippen LogP contribution in [0, 0.1) is 11.8 Å². The largest absolute Gasteiger partial charge is 0.436 e. The van der Waals surface area contributed by atoms with Gasteiger partial charge in [0.2, 0.25) is 11.8 Å². The van der Waals surface area contributed by atoms with Crippen LogP contribution in [0.15, 0.2) is 42.5 Å². The smallest absolute Gasteiger partial charge is 0.408 e. The predicted molar refractivity (Wildman–Crippen MR) is 187 cm³/mol. The first kappa shape index (κ1) is 35.5. The standard InChI is InChI=1S/C36H45Cl2N5O5/c1-3-21(2)31(48-35(47)40-20-23-12-8-5-9-13-23)33(45)43-36(34(46)42-29(32(39)44)16-22-10-6-4-7-11-22)15-14-28-26(19-36)25-17-24(37)18-27(38)30(25)41-28/h5,8-9,12-13,17-18,21-22,29,31,41H,3-4,6-7,10-11,14-16,19-20H2,1-2H3,(H2,39,44)(H,40,47)(H,42,46)(H,43,45)/t21-,29-,31-,36+/m0/s1. The second-order valence-electron chi connectivity index (χ2n) is 13.4. The van der Waals surface area contributed by atoms with Crippen molar-refractivity contribution in [2.24, 2.45) is 17.6 Å². The summed E-state index contributed by atoms with van der Waals surface area (Å²) in [5, 5.41) is 10.3. The number of carbonyl (C=O) groups is 4. The molecule has 2 aromatic carbocycles. The number of rotatable bonds is 12. The Labute approximate surface area is 291 Å². The zero-order chi connectivity index (χ0) is 34.4. The number of aromatic amines is 1. The quantitative estimate of drug-likeness (QED) is 0.155. The molecule has 1 heterocycles. The van der Waals surface area contributed by atoms with E-state index < -0.39 is 41.5 Å². The van der Waals surface area contributed by atoms with Crippen molar-refractivity contribution in [3.05, 3.63) is 69.3 Å². The van der Waals surface area contributed by atoms with E-state index in [1.165, 1.54) is 0 Å². The van der Waals surface area contributed by atoms with Gasteiger partial charge >= 0.3 is 6.09 Å². The zero-order valence-corrected chi connectivity index (χ0v) is 29.0. The summed E-state index contributed by atoms with van der Waals surface area (Å²) >= 11 is 12.9. The molecule has 12 heteroatoms. The van der Waals surface area contributed by atoms with Crippen LogP contribution in [-0.2, 0) is 38.5 Å². The number of fused-ring (bicyclic) bond motifs is 3. The fraction of sp³-hybridized carbons (Fsp3) is 0.500. The van der Waals surface area contributed by atoms with Crippen LogP contribution in [0.4, 0.5) is 4.79 Å². The van der Waals surface area contributed by atoms with Crippen molar-refractivity contribution in [2.75, 3.05) is 0 Å². The number of aryl methyl sites for hydroxylation is 1. The maximum Gasteiger partial charge on any atom is 0.408 e. The van der Waals surface area contributed by atoms with Crippen LogP contribution in [0.2, 0.25) is 10.0 Å². The van der Waals surface area contributed by atoms with Crippen molar-refractivity contribution in [3.63, 3.8) is 0 Å². The lowest BCUT2D eigenvalue weighted by Crippen LogP contribution is -2.65. The van der Waals surface area contributed by atoms with E-state index in [2.05, 4.69) is 20.9 Å². The van der Waals surface area contributed by atoms with E-state index >= 15 is 0 Å². The minimum Gasteiger partial charge on any atom is -0.436 e. The van der Waals surface area contributed by atoms with Crippen LogP contribution >= 0.6 is 23.2 Å². The molecule has 4 atom stereocenters. The summed E-state index contributed by atoms with van der Waals surface area (Å²) in [5.74, 6) is -1.82. The zero-order valence-electron chi connectivity index (χ0n) is 27.5. The van der Waals surface area contributed by atoms with Crippen LogP contribution < -0.4 is 21.7 Å². The number of hydrogen-bond donors (Lipinski definition) is 5. The Kier molecular flexibility index (Phi) is 11.6. The van der Waals surface area contributed by atoms with Gasteiger partial charge in [0.05, 0.1) is 10.5 Å². The lowest BCUT2D eigenvalue weighted by molar-refractivity contribution is -0.141. The van der Waals surface area contributed by atoms with Gasteiger partial charge in [0.15, 0.2) is 6.10 Å². The number of alkyl carbamates (subject to hydrolysis) is 1. The molecule has 258 valence electrons. The predicted octanol–water partition coefficient (Wildman–Crippen LogP) is 6.10. The number of carbonyl (C=O) groups excluding carboxylic acids is 4. The monoisotopic (exact) mass is 697 g/mol. The van der Waals surface area contributed by atoms with E-state index in [4.69, 9.17) is 33.7 Å². The highest BCUT2D eigenvalue weighted by atomic mass is 35.5. The highest BCUT2D eigenvalue weighted by Crippen LogP contribution is 2.38. The van der Waals surface area contributed by atoms with E-state index in [1.807, 2.05) is 44.2 Å². The summed E-state index contributed by atoms with van der Waals surface area (Å²) in [6, 6.07) is 11.9. The molecule has 1 aromatic heterocycles. The van der Waals surface area contributed by atoms with Crippen LogP contribution in [-0.4, -0.2) is 46.5 Å². The van der Waals surface area contributed by atoms with Crippen molar-refractivity contribution < 1.29 is 23.9 Å². The van der Waals surface area contributed by atoms with E-state index in [9.17, 15) is 19.2 Å². The topological polar surface area (TPSA) is 155 Å². The summed E-state index contributed by atoms with van der Waals surface area (Å²) in [4.78, 5) is 57.6. The molecule has 6 N–H and O–H groups in total. The Bertz CT molecular complexity index is 1640. The number of nitrogens with two attached hydrogens (primary N) is 1. The Hall–Kier alpha value is -3.76. The Balaban J connectivity index is 1.43. The van der Waals surface area contributed by atoms with E-state index in [-0.39, 0.29) is 31.2 Å². The molecule has 0 spiro atoms. The van der Waals surface area contributed by atoms with E-state index in [0.717, 1.165) is 54.3 Å². The number of nitrogens with one attached hydrogen (secondary N) is 4. The number of primary amides is 1. The number of ether oxygens (including phenoxy) is 1. The highest BCUT2D eigenvalue weighted by molar-refractivity contribution is 6.38. The van der Waals surface area contributed by atoms with Gasteiger partial charge in [-0.3, -0.25) is 14.4 Å². The normalized spacial score (nSPS) is 19.8. The van der Waals surface area contributed by atoms with Crippen molar-refractivity contribution in [1.29, 1.82) is 0 Å². The SMILES string of the molecule is CC[C@H](C)[C@H](OC(=O)NCc1ccccc1)C(=O)N[C@]1(C(=O)N[C@@H](CC2CCCCC2)C(N)=O)CCc2[nH]c3c(Cl)cc(Cl)cc3c2C1. The Morgan fingerprint density at radius 2 is 1.81 bits per heavy atom. The molecule has 4 amide bonds. The number of amides is 4. The summed E-state index contributed by atoms with van der Waals surface area (Å²) in [7, 11) is 0. The van der Waals surface area contributed by atoms with Gasteiger partial charge in [0.25, 0.3) is 5.91 Å². The van der Waals surface area contributed by atoms with Gasteiger partial charge in [0.1, 0.15) is 11.6 Å². The van der Waals surface area contributed by atoms with Gasteiger partial charge in [-0.1, -0.05) is 99.5 Å². The molecule has 10 nitrogen and oxygen atoms in total. The third-order valence-electron chi connectivity index (χ3n) is 9.97. The van der Waals surface area contributed by atoms with E-state index in [0.29, 0.717) is 34.8 Å². The maximum absolute atomic E-state index is 14.4. The van der Waals surface area contributed by atoms with Gasteiger partial charge in [0, 0.05) is 35.0 Å². The van der Waals surface area contributed by atoms with Crippen LogP contribution in [0.5, 0.6) is 0 Å². The summed E-state index contributed by atoms with van der Waals surface area (Å²) in [6.07, 6.45) is 5.03. The minimum atomic E-state index is -1.48. The fourth-order valence-corrected chi connectivity index (χ4v) is 7.54. The first-order valence-corrected chi connectivity index (χ1v) is 17.6. The molecule has 0 radical (unpaired) electrons. The molecule has 48 heavy (non-hydrogen) atoms. The lowest BCUT2D eigenvalue weighted by Gasteiger charge is -2.39. The number of halogens is 2. The summed E-state index contributed by atoms with van der Waals surface area (Å²) in [5.41, 5.74) is 7.60. The summed E-state index contributed by atoms with van der Waals surface area (Å²) in [6.45, 7) is 3.94. The molecule has 2 aliphatic rings. The molecule has 0 aliphatic heterocycles. The van der Waals surface area contributed by atoms with Gasteiger partial charge in [-0.05, 0) is 54.9 Å². The second-order valence-corrected chi connectivity index (χ2v) is 14.2. The van der Waals surface area contributed by atoms with Gasteiger partial charge < -0.3 is 31.4 Å². The lowest BCUT2D eigenvalue weighted by atomic mass is 9.78.